The Hall–Kier alpha value is -0.700. The number of hydrogen-bond donors (Lipinski definition) is 0. The molecule has 0 amide bonds. The van der Waals surface area contributed by atoms with Crippen LogP contribution in [0.4, 0.5) is 0 Å². The first kappa shape index (κ1) is 4.30. The van der Waals surface area contributed by atoms with E-state index >= 15 is 0 Å². The van der Waals surface area contributed by atoms with Gasteiger partial charge in [-0.05, 0) is 19.4 Å². The molecule has 0 aliphatic carbocycles. The van der Waals surface area contributed by atoms with Gasteiger partial charge in [0.25, 0.3) is 0 Å². The summed E-state index contributed by atoms with van der Waals surface area (Å²) in [5.41, 5.74) is 0. The Balaban J connectivity index is 3.04. The molecule has 0 aromatic heterocycles. The van der Waals surface area contributed by atoms with Gasteiger partial charge in [0.05, 0.1) is 0 Å². The second-order valence-electron chi connectivity index (χ2n) is 0.644. The molecular weight excluding hydrogens is 60.1 g/mol. The van der Waals surface area contributed by atoms with Crippen LogP contribution in [-0.2, 0) is 0 Å². The van der Waals surface area contributed by atoms with Gasteiger partial charge in [0, 0.05) is 0 Å². The molecule has 0 fully saturated rings. The highest BCUT2D eigenvalue weighted by Gasteiger charge is 1.41. The van der Waals surface area contributed by atoms with E-state index < -0.39 is 0 Å². The summed E-state index contributed by atoms with van der Waals surface area (Å²) in [7, 11) is 0. The first-order valence-electron chi connectivity index (χ1n) is 1.45. The molecule has 1 radical (unpaired) electrons. The van der Waals surface area contributed by atoms with E-state index in [1.54, 1.807) is 12.2 Å². The molecule has 0 nitrogen and oxygen atoms in total. The average molecular weight is 65.1 g/mol. The monoisotopic (exact) mass is 65.0 g/mol. The molecule has 0 atom stereocenters. The lowest BCUT2D eigenvalue weighted by atomic mass is 10.6. The van der Waals surface area contributed by atoms with Crippen molar-refractivity contribution in [2.45, 2.75) is 6.92 Å². The van der Waals surface area contributed by atoms with Gasteiger partial charge in [-0.1, -0.05) is 12.0 Å². The summed E-state index contributed by atoms with van der Waals surface area (Å²) < 4.78 is 0. The molecule has 5 heavy (non-hydrogen) atoms. The first-order chi connectivity index (χ1) is 2.41. The van der Waals surface area contributed by atoms with Gasteiger partial charge >= 0.3 is 0 Å². The highest BCUT2D eigenvalue weighted by molar-refractivity contribution is 5.02. The lowest BCUT2D eigenvalue weighted by Gasteiger charge is -1.51. The van der Waals surface area contributed by atoms with Gasteiger partial charge in [0.1, 0.15) is 0 Å². The highest BCUT2D eigenvalue weighted by atomic mass is 13.5. The van der Waals surface area contributed by atoms with Crippen molar-refractivity contribution >= 4 is 0 Å². The highest BCUT2D eigenvalue weighted by Crippen LogP contribution is 1.58. The Morgan fingerprint density at radius 1 is 1.80 bits per heavy atom. The molecule has 0 saturated carbocycles. The van der Waals surface area contributed by atoms with Crippen LogP contribution in [-0.4, -0.2) is 0 Å². The Morgan fingerprint density at radius 3 is 2.40 bits per heavy atom. The molecule has 0 aromatic rings. The molecule has 0 aliphatic rings. The normalized spacial score (nSPS) is 8.00. The molecule has 25 valence electrons. The summed E-state index contributed by atoms with van der Waals surface area (Å²) in [4.78, 5) is 0. The van der Waals surface area contributed by atoms with Gasteiger partial charge in [0.15, 0.2) is 0 Å². The summed E-state index contributed by atoms with van der Waals surface area (Å²) in [5, 5.41) is 0. The maximum absolute atomic E-state index is 6.27. The fourth-order valence-electron chi connectivity index (χ4n) is 0.0833. The Kier molecular flexibility index (Phi) is 2.84. The fraction of sp³-hybridized carbons (Fsp3) is 0.200. The number of rotatable bonds is 0. The van der Waals surface area contributed by atoms with Crippen LogP contribution in [0.3, 0.4) is 0 Å². The van der Waals surface area contributed by atoms with Crippen LogP contribution < -0.4 is 0 Å². The SMILES string of the molecule is [C]#C/C=C/C. The van der Waals surface area contributed by atoms with Gasteiger partial charge < -0.3 is 0 Å². The van der Waals surface area contributed by atoms with Crippen LogP contribution in [0.2, 0.25) is 0 Å². The van der Waals surface area contributed by atoms with Crippen LogP contribution in [0.15, 0.2) is 12.2 Å². The van der Waals surface area contributed by atoms with Crippen molar-refractivity contribution in [1.29, 1.82) is 0 Å². The molecule has 0 spiro atoms. The topological polar surface area (TPSA) is 0 Å². The van der Waals surface area contributed by atoms with Crippen LogP contribution in [0, 0.1) is 12.3 Å². The molecule has 0 bridgehead atoms. The van der Waals surface area contributed by atoms with E-state index in [0.29, 0.717) is 0 Å². The standard InChI is InChI=1S/C5H5/c1-3-5-4-2/h3,5H,1H3/b5-3+. The third-order valence-corrected chi connectivity index (χ3v) is 0.250. The minimum atomic E-state index is 1.54. The lowest BCUT2D eigenvalue weighted by molar-refractivity contribution is 1.76. The number of hydrogen-bond acceptors (Lipinski definition) is 0. The van der Waals surface area contributed by atoms with E-state index in [0.717, 1.165) is 0 Å². The van der Waals surface area contributed by atoms with Gasteiger partial charge in [0.2, 0.25) is 0 Å². The Bertz CT molecular complexity index is 62.6. The summed E-state index contributed by atoms with van der Waals surface area (Å²) >= 11 is 0. The molecule has 0 rings (SSSR count). The van der Waals surface area contributed by atoms with Crippen LogP contribution in [0.25, 0.3) is 0 Å². The number of allylic oxidation sites excluding steroid dienone is 2. The van der Waals surface area contributed by atoms with Gasteiger partial charge in [-0.3, -0.25) is 0 Å². The third-order valence-electron chi connectivity index (χ3n) is 0.250. The zero-order valence-electron chi connectivity index (χ0n) is 3.15. The Morgan fingerprint density at radius 2 is 2.40 bits per heavy atom. The summed E-state index contributed by atoms with van der Waals surface area (Å²) in [6, 6.07) is 0. The summed E-state index contributed by atoms with van der Waals surface area (Å²) in [5.74, 6) is 2.09. The molecule has 0 heterocycles. The maximum atomic E-state index is 6.27. The van der Waals surface area contributed by atoms with Gasteiger partial charge in [-0.2, -0.15) is 0 Å². The van der Waals surface area contributed by atoms with E-state index in [9.17, 15) is 0 Å². The summed E-state index contributed by atoms with van der Waals surface area (Å²) in [6.45, 7) is 1.85. The molecular formula is C5H5. The van der Waals surface area contributed by atoms with Gasteiger partial charge in [-0.25, -0.2) is 0 Å². The maximum Gasteiger partial charge on any atom is -0.0102 e. The van der Waals surface area contributed by atoms with Crippen molar-refractivity contribution in [3.8, 4) is 5.92 Å². The molecule has 0 saturated heterocycles. The van der Waals surface area contributed by atoms with Crippen molar-refractivity contribution in [3.05, 3.63) is 18.6 Å². The van der Waals surface area contributed by atoms with Crippen molar-refractivity contribution in [1.82, 2.24) is 0 Å². The van der Waals surface area contributed by atoms with Crippen LogP contribution >= 0.6 is 0 Å². The van der Waals surface area contributed by atoms with E-state index in [1.807, 2.05) is 6.92 Å². The predicted octanol–water partition coefficient (Wildman–Crippen LogP) is 1.15. The van der Waals surface area contributed by atoms with Crippen molar-refractivity contribution < 1.29 is 0 Å². The third kappa shape index (κ3) is 3.30. The lowest BCUT2D eigenvalue weighted by Crippen LogP contribution is -1.34. The summed E-state index contributed by atoms with van der Waals surface area (Å²) in [6.07, 6.45) is 9.56. The van der Waals surface area contributed by atoms with Gasteiger partial charge in [-0.15, -0.1) is 0 Å². The second kappa shape index (κ2) is 3.30. The minimum Gasteiger partial charge on any atom is -0.0792 e. The van der Waals surface area contributed by atoms with Crippen LogP contribution in [0.5, 0.6) is 0 Å². The zero-order valence-corrected chi connectivity index (χ0v) is 3.15. The molecule has 0 N–H and O–H groups in total. The first-order valence-corrected chi connectivity index (χ1v) is 1.45. The molecule has 0 aliphatic heterocycles. The second-order valence-corrected chi connectivity index (χ2v) is 0.644. The van der Waals surface area contributed by atoms with E-state index in [2.05, 4.69) is 5.92 Å². The molecule has 0 unspecified atom stereocenters. The van der Waals surface area contributed by atoms with Crippen molar-refractivity contribution in [3.63, 3.8) is 0 Å². The fourth-order valence-corrected chi connectivity index (χ4v) is 0.0833. The van der Waals surface area contributed by atoms with Crippen LogP contribution in [0.1, 0.15) is 6.92 Å². The quantitative estimate of drug-likeness (QED) is 0.371. The smallest absolute Gasteiger partial charge is 0.0102 e. The van der Waals surface area contributed by atoms with E-state index in [4.69, 9.17) is 6.42 Å². The minimum absolute atomic E-state index is 1.54. The van der Waals surface area contributed by atoms with E-state index in [-0.39, 0.29) is 0 Å². The Labute approximate surface area is 32.5 Å². The average Bonchev–Trinajstić information content (AvgIpc) is 1.41. The van der Waals surface area contributed by atoms with Crippen molar-refractivity contribution in [2.24, 2.45) is 0 Å². The largest absolute Gasteiger partial charge is 0.0792 e. The molecule has 0 aromatic carbocycles. The molecule has 0 heteroatoms. The predicted molar refractivity (Wildman–Crippen MR) is 21.9 cm³/mol. The zero-order chi connectivity index (χ0) is 4.12. The van der Waals surface area contributed by atoms with Crippen molar-refractivity contribution in [2.75, 3.05) is 0 Å². The van der Waals surface area contributed by atoms with E-state index in [1.165, 1.54) is 0 Å².